The summed E-state index contributed by atoms with van der Waals surface area (Å²) in [6, 6.07) is 0. The maximum absolute atomic E-state index is 10.4. The minimum absolute atomic E-state index is 0.322. The van der Waals surface area contributed by atoms with Crippen molar-refractivity contribution in [3.63, 3.8) is 0 Å². The highest BCUT2D eigenvalue weighted by molar-refractivity contribution is 5.94. The lowest BCUT2D eigenvalue weighted by atomic mass is 10.2. The molecule has 2 nitrogen and oxygen atoms in total. The van der Waals surface area contributed by atoms with Crippen LogP contribution in [0.2, 0.25) is 0 Å². The highest BCUT2D eigenvalue weighted by Gasteiger charge is 1.92. The van der Waals surface area contributed by atoms with Gasteiger partial charge >= 0.3 is 0 Å². The molecule has 0 unspecified atom stereocenters. The Morgan fingerprint density at radius 1 is 1.45 bits per heavy atom. The first-order valence-corrected chi connectivity index (χ1v) is 3.34. The molecule has 0 radical (unpaired) electrons. The third-order valence-corrected chi connectivity index (χ3v) is 1.04. The Morgan fingerprint density at radius 2 is 2.00 bits per heavy atom. The molecule has 0 bridgehead atoms. The third-order valence-electron chi connectivity index (χ3n) is 1.04. The number of carbonyl (C=O) groups excluding carboxylic acids is 1. The highest BCUT2D eigenvalue weighted by Crippen LogP contribution is 1.94. The third kappa shape index (κ3) is 5.15. The molecule has 2 heteroatoms. The molecule has 0 heterocycles. The minimum atomic E-state index is -0.483. The quantitative estimate of drug-likeness (QED) is 0.482. The molecule has 2 N–H and O–H groups in total. The van der Waals surface area contributed by atoms with Crippen LogP contribution in [-0.4, -0.2) is 5.91 Å². The lowest BCUT2D eigenvalue weighted by Gasteiger charge is -1.88. The molecule has 0 aromatic rings. The molecule has 0 rings (SSSR count). The topological polar surface area (TPSA) is 43.1 Å². The molecular weight excluding hydrogens is 138 g/mol. The summed E-state index contributed by atoms with van der Waals surface area (Å²) in [7, 11) is 0. The van der Waals surface area contributed by atoms with Crippen LogP contribution in [0.1, 0.15) is 13.8 Å². The van der Waals surface area contributed by atoms with Gasteiger partial charge in [0.1, 0.15) is 0 Å². The van der Waals surface area contributed by atoms with Crippen molar-refractivity contribution in [2.45, 2.75) is 13.8 Å². The van der Waals surface area contributed by atoms with Crippen LogP contribution in [0.4, 0.5) is 0 Å². The summed E-state index contributed by atoms with van der Waals surface area (Å²) in [5.74, 6) is -0.483. The summed E-state index contributed by atoms with van der Waals surface area (Å²) in [6.07, 6.45) is 5.23. The molecule has 0 saturated carbocycles. The van der Waals surface area contributed by atoms with E-state index in [2.05, 4.69) is 6.58 Å². The van der Waals surface area contributed by atoms with E-state index in [9.17, 15) is 4.79 Å². The second-order valence-corrected chi connectivity index (χ2v) is 2.49. The van der Waals surface area contributed by atoms with Crippen molar-refractivity contribution in [2.24, 2.45) is 5.73 Å². The van der Waals surface area contributed by atoms with E-state index in [1.807, 2.05) is 19.9 Å². The smallest absolute Gasteiger partial charge is 0.248 e. The highest BCUT2D eigenvalue weighted by atomic mass is 16.1. The standard InChI is InChI=1S/C9H13NO/c1-7(2)5-4-6-8(3)9(10)11/h4-6H,3H2,1-2H3,(H2,10,11)/b6-4-. The van der Waals surface area contributed by atoms with Crippen LogP contribution >= 0.6 is 0 Å². The fourth-order valence-corrected chi connectivity index (χ4v) is 0.439. The fourth-order valence-electron chi connectivity index (χ4n) is 0.439. The van der Waals surface area contributed by atoms with Gasteiger partial charge in [-0.1, -0.05) is 30.4 Å². The molecule has 0 fully saturated rings. The second-order valence-electron chi connectivity index (χ2n) is 2.49. The summed E-state index contributed by atoms with van der Waals surface area (Å²) < 4.78 is 0. The van der Waals surface area contributed by atoms with Gasteiger partial charge in [-0.05, 0) is 13.8 Å². The number of amides is 1. The van der Waals surface area contributed by atoms with Crippen LogP contribution in [0.5, 0.6) is 0 Å². The van der Waals surface area contributed by atoms with E-state index >= 15 is 0 Å². The number of rotatable bonds is 3. The van der Waals surface area contributed by atoms with Gasteiger partial charge in [-0.3, -0.25) is 4.79 Å². The Morgan fingerprint density at radius 3 is 2.36 bits per heavy atom. The van der Waals surface area contributed by atoms with Crippen LogP contribution in [0.3, 0.4) is 0 Å². The average Bonchev–Trinajstić information content (AvgIpc) is 1.86. The molecule has 0 aromatic heterocycles. The SMILES string of the molecule is C=C(/C=C\C=C(C)C)C(N)=O. The molecule has 0 spiro atoms. The molecule has 0 aliphatic carbocycles. The Kier molecular flexibility index (Phi) is 3.96. The first kappa shape index (κ1) is 9.69. The van der Waals surface area contributed by atoms with Gasteiger partial charge in [-0.2, -0.15) is 0 Å². The van der Waals surface area contributed by atoms with Gasteiger partial charge in [0.25, 0.3) is 0 Å². The molecule has 1 amide bonds. The Labute approximate surface area is 67.1 Å². The lowest BCUT2D eigenvalue weighted by molar-refractivity contribution is -0.114. The molecule has 0 aliphatic heterocycles. The zero-order valence-electron chi connectivity index (χ0n) is 6.92. The van der Waals surface area contributed by atoms with Crippen LogP contribution in [0, 0.1) is 0 Å². The van der Waals surface area contributed by atoms with E-state index in [0.29, 0.717) is 5.57 Å². The first-order chi connectivity index (χ1) is 5.04. The van der Waals surface area contributed by atoms with Gasteiger partial charge in [0, 0.05) is 5.57 Å². The summed E-state index contributed by atoms with van der Waals surface area (Å²) in [6.45, 7) is 7.40. The predicted octanol–water partition coefficient (Wildman–Crippen LogP) is 1.55. The average molecular weight is 151 g/mol. The molecule has 60 valence electrons. The van der Waals surface area contributed by atoms with Crippen molar-refractivity contribution < 1.29 is 4.79 Å². The molecular formula is C9H13NO. The number of hydrogen-bond acceptors (Lipinski definition) is 1. The van der Waals surface area contributed by atoms with Crippen molar-refractivity contribution in [2.75, 3.05) is 0 Å². The van der Waals surface area contributed by atoms with Crippen LogP contribution < -0.4 is 5.73 Å². The maximum atomic E-state index is 10.4. The Hall–Kier alpha value is -1.31. The monoisotopic (exact) mass is 151 g/mol. The Bertz CT molecular complexity index is 220. The van der Waals surface area contributed by atoms with Gasteiger partial charge < -0.3 is 5.73 Å². The van der Waals surface area contributed by atoms with Crippen molar-refractivity contribution in [1.29, 1.82) is 0 Å². The molecule has 11 heavy (non-hydrogen) atoms. The molecule has 0 aromatic carbocycles. The largest absolute Gasteiger partial charge is 0.366 e. The van der Waals surface area contributed by atoms with Gasteiger partial charge in [0.15, 0.2) is 0 Å². The number of hydrogen-bond donors (Lipinski definition) is 1. The number of primary amides is 1. The van der Waals surface area contributed by atoms with E-state index in [4.69, 9.17) is 5.73 Å². The minimum Gasteiger partial charge on any atom is -0.366 e. The number of nitrogens with two attached hydrogens (primary N) is 1. The molecule has 0 atom stereocenters. The normalized spacial score (nSPS) is 9.64. The van der Waals surface area contributed by atoms with Crippen molar-refractivity contribution in [3.8, 4) is 0 Å². The van der Waals surface area contributed by atoms with Crippen molar-refractivity contribution in [3.05, 3.63) is 36.0 Å². The van der Waals surface area contributed by atoms with Crippen molar-refractivity contribution >= 4 is 5.91 Å². The summed E-state index contributed by atoms with van der Waals surface area (Å²) >= 11 is 0. The van der Waals surface area contributed by atoms with E-state index in [1.165, 1.54) is 5.57 Å². The van der Waals surface area contributed by atoms with E-state index < -0.39 is 5.91 Å². The predicted molar refractivity (Wildman–Crippen MR) is 46.9 cm³/mol. The number of carbonyl (C=O) groups is 1. The Balaban J connectivity index is 4.05. The van der Waals surface area contributed by atoms with Crippen LogP contribution in [0.25, 0.3) is 0 Å². The number of allylic oxidation sites excluding steroid dienone is 3. The summed E-state index contributed by atoms with van der Waals surface area (Å²) in [5.41, 5.74) is 6.43. The molecule has 0 aliphatic rings. The van der Waals surface area contributed by atoms with Gasteiger partial charge in [-0.15, -0.1) is 0 Å². The van der Waals surface area contributed by atoms with E-state index in [-0.39, 0.29) is 0 Å². The van der Waals surface area contributed by atoms with Crippen LogP contribution in [-0.2, 0) is 4.79 Å². The summed E-state index contributed by atoms with van der Waals surface area (Å²) in [4.78, 5) is 10.4. The van der Waals surface area contributed by atoms with Crippen LogP contribution in [0.15, 0.2) is 36.0 Å². The molecule has 0 saturated heterocycles. The van der Waals surface area contributed by atoms with Gasteiger partial charge in [0.05, 0.1) is 0 Å². The fraction of sp³-hybridized carbons (Fsp3) is 0.222. The maximum Gasteiger partial charge on any atom is 0.248 e. The zero-order chi connectivity index (χ0) is 8.85. The van der Waals surface area contributed by atoms with E-state index in [1.54, 1.807) is 12.2 Å². The van der Waals surface area contributed by atoms with Gasteiger partial charge in [0.2, 0.25) is 5.91 Å². The second kappa shape index (κ2) is 4.50. The zero-order valence-corrected chi connectivity index (χ0v) is 6.92. The first-order valence-electron chi connectivity index (χ1n) is 3.34. The lowest BCUT2D eigenvalue weighted by Crippen LogP contribution is -2.11. The van der Waals surface area contributed by atoms with Gasteiger partial charge in [-0.25, -0.2) is 0 Å². The van der Waals surface area contributed by atoms with E-state index in [0.717, 1.165) is 0 Å². The summed E-state index contributed by atoms with van der Waals surface area (Å²) in [5, 5.41) is 0. The van der Waals surface area contributed by atoms with Crippen molar-refractivity contribution in [1.82, 2.24) is 0 Å².